The molecule has 5 rings (SSSR count). The van der Waals surface area contributed by atoms with Crippen molar-refractivity contribution in [2.45, 2.75) is 17.6 Å². The fourth-order valence-electron chi connectivity index (χ4n) is 4.49. The Morgan fingerprint density at radius 3 is 1.89 bits per heavy atom. The Morgan fingerprint density at radius 2 is 1.32 bits per heavy atom. The van der Waals surface area contributed by atoms with Gasteiger partial charge in [0.1, 0.15) is 0 Å². The summed E-state index contributed by atoms with van der Waals surface area (Å²) in [6.45, 7) is 0. The molecule has 0 aliphatic rings. The van der Waals surface area contributed by atoms with Gasteiger partial charge in [0.2, 0.25) is 0 Å². The molecule has 0 radical (unpaired) electrons. The number of rotatable bonds is 8. The van der Waals surface area contributed by atoms with Crippen LogP contribution in [-0.2, 0) is 0 Å². The Hall–Kier alpha value is -4.84. The van der Waals surface area contributed by atoms with Crippen molar-refractivity contribution in [2.75, 3.05) is 0 Å². The number of aromatic nitrogens is 2. The molecule has 0 aliphatic heterocycles. The molecule has 0 bridgehead atoms. The van der Waals surface area contributed by atoms with Gasteiger partial charge in [0.05, 0.1) is 36.0 Å². The second kappa shape index (κ2) is 11.9. The number of hydrogen-bond donors (Lipinski definition) is 0. The van der Waals surface area contributed by atoms with E-state index in [9.17, 15) is 10.5 Å². The van der Waals surface area contributed by atoms with Crippen LogP contribution < -0.4 is 0 Å². The predicted octanol–water partition coefficient (Wildman–Crippen LogP) is 8.38. The first-order valence-corrected chi connectivity index (χ1v) is 13.1. The third-order valence-electron chi connectivity index (χ3n) is 6.21. The predicted molar refractivity (Wildman–Crippen MR) is 154 cm³/mol. The summed E-state index contributed by atoms with van der Waals surface area (Å²) in [4.78, 5) is 5.99. The second-order valence-electron chi connectivity index (χ2n) is 8.59. The van der Waals surface area contributed by atoms with Gasteiger partial charge in [-0.15, -0.1) is 0 Å². The maximum atomic E-state index is 9.93. The number of nitrogens with zero attached hydrogens (tertiary/aromatic N) is 4. The summed E-state index contributed by atoms with van der Waals surface area (Å²) >= 11 is 1.45. The largest absolute Gasteiger partial charge is 0.309 e. The summed E-state index contributed by atoms with van der Waals surface area (Å²) in [6, 6.07) is 44.5. The molecule has 5 aromatic rings. The summed E-state index contributed by atoms with van der Waals surface area (Å²) in [5, 5.41) is 20.3. The molecular weight excluding hydrogens is 484 g/mol. The average Bonchev–Trinajstić information content (AvgIpc) is 3.36. The smallest absolute Gasteiger partial charge is 0.174 e. The summed E-state index contributed by atoms with van der Waals surface area (Å²) in [6.07, 6.45) is 1.83. The van der Waals surface area contributed by atoms with Crippen molar-refractivity contribution in [3.05, 3.63) is 139 Å². The summed E-state index contributed by atoms with van der Waals surface area (Å²) in [7, 11) is 0. The van der Waals surface area contributed by atoms with Gasteiger partial charge in [0, 0.05) is 22.1 Å². The molecule has 4 nitrogen and oxygen atoms in total. The molecule has 0 fully saturated rings. The van der Waals surface area contributed by atoms with Crippen LogP contribution in [0.1, 0.15) is 23.6 Å². The number of allylic oxidation sites excluding steroid dienone is 1. The molecule has 0 amide bonds. The molecule has 0 saturated heterocycles. The number of nitriles is 2. The van der Waals surface area contributed by atoms with Crippen LogP contribution in [0.4, 0.5) is 0 Å². The van der Waals surface area contributed by atoms with Crippen molar-refractivity contribution in [3.63, 3.8) is 0 Å². The van der Waals surface area contributed by atoms with Crippen LogP contribution >= 0.6 is 11.8 Å². The summed E-state index contributed by atoms with van der Waals surface area (Å²) in [5.41, 5.74) is 5.73. The van der Waals surface area contributed by atoms with Gasteiger partial charge in [0.15, 0.2) is 5.16 Å². The molecule has 0 aliphatic carbocycles. The van der Waals surface area contributed by atoms with Gasteiger partial charge in [-0.25, -0.2) is 4.98 Å². The van der Waals surface area contributed by atoms with Crippen LogP contribution in [0.15, 0.2) is 133 Å². The van der Waals surface area contributed by atoms with E-state index >= 15 is 0 Å². The number of imidazole rings is 1. The van der Waals surface area contributed by atoms with E-state index < -0.39 is 0 Å². The van der Waals surface area contributed by atoms with E-state index in [1.165, 1.54) is 11.8 Å². The third kappa shape index (κ3) is 5.30. The quantitative estimate of drug-likeness (QED) is 0.156. The molecule has 182 valence electrons. The van der Waals surface area contributed by atoms with Crippen LogP contribution in [0, 0.1) is 22.7 Å². The topological polar surface area (TPSA) is 65.4 Å². The second-order valence-corrected chi connectivity index (χ2v) is 9.60. The minimum atomic E-state index is -0.275. The minimum Gasteiger partial charge on any atom is -0.309 e. The van der Waals surface area contributed by atoms with E-state index in [1.54, 1.807) is 6.08 Å². The van der Waals surface area contributed by atoms with Gasteiger partial charge in [0.25, 0.3) is 0 Å². The van der Waals surface area contributed by atoms with Crippen LogP contribution in [0.25, 0.3) is 27.4 Å². The van der Waals surface area contributed by atoms with E-state index in [-0.39, 0.29) is 12.5 Å². The van der Waals surface area contributed by atoms with E-state index in [4.69, 9.17) is 4.98 Å². The highest BCUT2D eigenvalue weighted by Crippen LogP contribution is 2.44. The highest BCUT2D eigenvalue weighted by atomic mass is 32.2. The Morgan fingerprint density at radius 1 is 0.763 bits per heavy atom. The molecule has 1 atom stereocenters. The Kier molecular flexibility index (Phi) is 7.80. The van der Waals surface area contributed by atoms with Crippen LogP contribution in [0.3, 0.4) is 0 Å². The lowest BCUT2D eigenvalue weighted by atomic mass is 10.0. The maximum absolute atomic E-state index is 9.93. The first-order valence-electron chi connectivity index (χ1n) is 12.3. The zero-order valence-corrected chi connectivity index (χ0v) is 21.4. The molecule has 0 spiro atoms. The molecule has 0 N–H and O–H groups in total. The number of hydrogen-bond acceptors (Lipinski definition) is 4. The van der Waals surface area contributed by atoms with Gasteiger partial charge in [-0.1, -0.05) is 133 Å². The van der Waals surface area contributed by atoms with Crippen LogP contribution in [-0.4, -0.2) is 9.55 Å². The van der Waals surface area contributed by atoms with E-state index in [0.29, 0.717) is 0 Å². The lowest BCUT2D eigenvalue weighted by molar-refractivity contribution is 0.555. The normalized spacial score (nSPS) is 11.9. The fourth-order valence-corrected chi connectivity index (χ4v) is 5.51. The van der Waals surface area contributed by atoms with E-state index in [0.717, 1.165) is 43.7 Å². The molecule has 38 heavy (non-hydrogen) atoms. The first kappa shape index (κ1) is 24.8. The highest BCUT2D eigenvalue weighted by molar-refractivity contribution is 8.08. The third-order valence-corrected chi connectivity index (χ3v) is 7.25. The fraction of sp³-hybridized carbons (Fsp3) is 0.0606. The highest BCUT2D eigenvalue weighted by Gasteiger charge is 2.27. The van der Waals surface area contributed by atoms with Crippen molar-refractivity contribution >= 4 is 16.7 Å². The van der Waals surface area contributed by atoms with Gasteiger partial charge < -0.3 is 4.57 Å². The van der Waals surface area contributed by atoms with Gasteiger partial charge >= 0.3 is 0 Å². The van der Waals surface area contributed by atoms with E-state index in [2.05, 4.69) is 53.1 Å². The number of benzene rings is 4. The standard InChI is InChI=1S/C33H24N4S/c34-23-21-29(25-13-5-1-6-14-25)37-32(28-19-11-4-12-20-28)31(27-17-9-3-10-18-27)36-33(37)38-30(22-24-35)26-15-7-2-8-16-26/h1-20,22,29H,21H2/b30-22+. The Balaban J connectivity index is 1.81. The SMILES string of the molecule is N#C/C=C(/Sc1nc(-c2ccccc2)c(-c2ccccc2)n1C(CC#N)c1ccccc1)c1ccccc1. The van der Waals surface area contributed by atoms with Crippen molar-refractivity contribution in [3.8, 4) is 34.7 Å². The van der Waals surface area contributed by atoms with Crippen LogP contribution in [0.2, 0.25) is 0 Å². The summed E-state index contributed by atoms with van der Waals surface area (Å²) in [5.74, 6) is 0. The zero-order chi connectivity index (χ0) is 26.2. The van der Waals surface area contributed by atoms with Crippen LogP contribution in [0.5, 0.6) is 0 Å². The molecule has 4 aromatic carbocycles. The Labute approximate surface area is 227 Å². The number of thioether (sulfide) groups is 1. The molecule has 1 aromatic heterocycles. The lowest BCUT2D eigenvalue weighted by Crippen LogP contribution is -2.13. The maximum Gasteiger partial charge on any atom is 0.174 e. The molecule has 1 unspecified atom stereocenters. The first-order chi connectivity index (χ1) is 18.8. The van der Waals surface area contributed by atoms with Crippen molar-refractivity contribution in [1.29, 1.82) is 10.5 Å². The summed E-state index contributed by atoms with van der Waals surface area (Å²) < 4.78 is 2.18. The van der Waals surface area contributed by atoms with Gasteiger partial charge in [-0.2, -0.15) is 10.5 Å². The Bertz CT molecular complexity index is 1610. The minimum absolute atomic E-state index is 0.268. The molecule has 5 heteroatoms. The average molecular weight is 509 g/mol. The van der Waals surface area contributed by atoms with Gasteiger partial charge in [-0.3, -0.25) is 0 Å². The lowest BCUT2D eigenvalue weighted by Gasteiger charge is -2.22. The monoisotopic (exact) mass is 508 g/mol. The van der Waals surface area contributed by atoms with Crippen molar-refractivity contribution in [1.82, 2.24) is 9.55 Å². The molecular formula is C33H24N4S. The van der Waals surface area contributed by atoms with Crippen molar-refractivity contribution < 1.29 is 0 Å². The molecule has 1 heterocycles. The molecule has 0 saturated carbocycles. The zero-order valence-electron chi connectivity index (χ0n) is 20.6. The van der Waals surface area contributed by atoms with Crippen molar-refractivity contribution in [2.24, 2.45) is 0 Å². The van der Waals surface area contributed by atoms with Gasteiger partial charge in [-0.05, 0) is 11.1 Å². The van der Waals surface area contributed by atoms with E-state index in [1.807, 2.05) is 84.9 Å².